The molecular formula is C21H14ClFN4OS2. The van der Waals surface area contributed by atoms with Crippen LogP contribution < -0.4 is 5.56 Å². The molecule has 9 heteroatoms. The number of halogens is 2. The number of rotatable bonds is 5. The van der Waals surface area contributed by atoms with Crippen LogP contribution in [0, 0.1) is 5.82 Å². The van der Waals surface area contributed by atoms with Crippen molar-refractivity contribution in [2.45, 2.75) is 17.5 Å². The summed E-state index contributed by atoms with van der Waals surface area (Å²) >= 11 is 9.00. The van der Waals surface area contributed by atoms with Gasteiger partial charge in [-0.3, -0.25) is 13.8 Å². The van der Waals surface area contributed by atoms with Gasteiger partial charge in [-0.25, -0.2) is 4.39 Å². The van der Waals surface area contributed by atoms with Crippen LogP contribution in [0.15, 0.2) is 69.9 Å². The Morgan fingerprint density at radius 1 is 1.10 bits per heavy atom. The van der Waals surface area contributed by atoms with E-state index < -0.39 is 0 Å². The largest absolute Gasteiger partial charge is 0.273 e. The van der Waals surface area contributed by atoms with Gasteiger partial charge in [-0.1, -0.05) is 59.8 Å². The van der Waals surface area contributed by atoms with Gasteiger partial charge in [0.15, 0.2) is 5.16 Å². The molecule has 0 spiro atoms. The molecule has 0 saturated carbocycles. The predicted octanol–water partition coefficient (Wildman–Crippen LogP) is 5.24. The smallest absolute Gasteiger partial charge is 0.271 e. The fraction of sp³-hybridized carbons (Fsp3) is 0.0952. The number of hydrogen-bond acceptors (Lipinski definition) is 5. The van der Waals surface area contributed by atoms with Gasteiger partial charge in [0.05, 0.1) is 12.1 Å². The second-order valence-electron chi connectivity index (χ2n) is 6.65. The Morgan fingerprint density at radius 3 is 2.73 bits per heavy atom. The molecule has 30 heavy (non-hydrogen) atoms. The molecule has 5 aromatic rings. The molecule has 3 aromatic heterocycles. The van der Waals surface area contributed by atoms with Crippen molar-refractivity contribution in [3.63, 3.8) is 0 Å². The third-order valence-electron chi connectivity index (χ3n) is 4.74. The normalized spacial score (nSPS) is 11.5. The van der Waals surface area contributed by atoms with E-state index in [-0.39, 0.29) is 11.4 Å². The maximum atomic E-state index is 13.3. The number of thioether (sulfide) groups is 1. The first-order valence-electron chi connectivity index (χ1n) is 9.07. The third-order valence-corrected chi connectivity index (χ3v) is 6.96. The van der Waals surface area contributed by atoms with E-state index in [1.165, 1.54) is 35.2 Å². The van der Waals surface area contributed by atoms with E-state index in [0.29, 0.717) is 33.0 Å². The highest BCUT2D eigenvalue weighted by molar-refractivity contribution is 7.98. The summed E-state index contributed by atoms with van der Waals surface area (Å²) in [6.45, 7) is 0.406. The van der Waals surface area contributed by atoms with Gasteiger partial charge in [0.1, 0.15) is 10.5 Å². The summed E-state index contributed by atoms with van der Waals surface area (Å²) in [4.78, 5) is 13.1. The lowest BCUT2D eigenvalue weighted by atomic mass is 10.2. The summed E-state index contributed by atoms with van der Waals surface area (Å²) in [5, 5.41) is 11.6. The highest BCUT2D eigenvalue weighted by Crippen LogP contribution is 2.29. The molecule has 0 radical (unpaired) electrons. The molecular weight excluding hydrogens is 443 g/mol. The number of benzene rings is 2. The monoisotopic (exact) mass is 456 g/mol. The number of nitrogens with zero attached hydrogens (tertiary/aromatic N) is 4. The maximum absolute atomic E-state index is 13.3. The van der Waals surface area contributed by atoms with Crippen molar-refractivity contribution in [3.8, 4) is 0 Å². The van der Waals surface area contributed by atoms with E-state index in [1.54, 1.807) is 10.6 Å². The summed E-state index contributed by atoms with van der Waals surface area (Å²) in [5.41, 5.74) is 2.51. The molecule has 0 amide bonds. The fourth-order valence-corrected chi connectivity index (χ4v) is 5.36. The zero-order valence-electron chi connectivity index (χ0n) is 15.5. The van der Waals surface area contributed by atoms with E-state index in [2.05, 4.69) is 10.2 Å². The van der Waals surface area contributed by atoms with Gasteiger partial charge in [-0.05, 0) is 34.7 Å². The minimum atomic E-state index is -0.369. The Bertz CT molecular complexity index is 1430. The van der Waals surface area contributed by atoms with Crippen molar-refractivity contribution in [1.29, 1.82) is 0 Å². The Hall–Kier alpha value is -2.68. The molecule has 0 aliphatic rings. The molecule has 0 saturated heterocycles. The van der Waals surface area contributed by atoms with Crippen LogP contribution >= 0.6 is 34.7 Å². The topological polar surface area (TPSA) is 52.2 Å². The van der Waals surface area contributed by atoms with Gasteiger partial charge >= 0.3 is 0 Å². The molecule has 5 nitrogen and oxygen atoms in total. The Kier molecular flexibility index (Phi) is 5.06. The predicted molar refractivity (Wildman–Crippen MR) is 119 cm³/mol. The molecule has 150 valence electrons. The molecule has 2 aromatic carbocycles. The first kappa shape index (κ1) is 19.3. The highest BCUT2D eigenvalue weighted by atomic mass is 35.5. The minimum Gasteiger partial charge on any atom is -0.271 e. The lowest BCUT2D eigenvalue weighted by Gasteiger charge is -2.09. The van der Waals surface area contributed by atoms with Crippen LogP contribution in [0.5, 0.6) is 0 Å². The third kappa shape index (κ3) is 3.40. The summed E-state index contributed by atoms with van der Waals surface area (Å²) in [5.74, 6) is 0.623. The van der Waals surface area contributed by atoms with Crippen molar-refractivity contribution in [3.05, 3.63) is 92.3 Å². The van der Waals surface area contributed by atoms with E-state index in [9.17, 15) is 9.18 Å². The molecule has 0 atom stereocenters. The molecule has 0 N–H and O–H groups in total. The molecule has 5 rings (SSSR count). The maximum Gasteiger partial charge on any atom is 0.273 e. The number of aromatic nitrogens is 4. The molecule has 0 unspecified atom stereocenters. The lowest BCUT2D eigenvalue weighted by molar-refractivity contribution is 0.627. The average molecular weight is 457 g/mol. The van der Waals surface area contributed by atoms with Crippen LogP contribution in [0.1, 0.15) is 11.1 Å². The van der Waals surface area contributed by atoms with E-state index in [1.807, 2.05) is 46.2 Å². The van der Waals surface area contributed by atoms with Crippen LogP contribution in [0.25, 0.3) is 16.0 Å². The minimum absolute atomic E-state index is 0.0816. The zero-order valence-corrected chi connectivity index (χ0v) is 17.8. The van der Waals surface area contributed by atoms with Crippen molar-refractivity contribution in [2.75, 3.05) is 0 Å². The highest BCUT2D eigenvalue weighted by Gasteiger charge is 2.18. The van der Waals surface area contributed by atoms with Gasteiger partial charge in [0.25, 0.3) is 5.56 Å². The number of fused-ring (bicyclic) bond motifs is 3. The van der Waals surface area contributed by atoms with Crippen LogP contribution in [-0.2, 0) is 12.3 Å². The fourth-order valence-electron chi connectivity index (χ4n) is 3.28. The molecule has 0 fully saturated rings. The van der Waals surface area contributed by atoms with Crippen molar-refractivity contribution < 1.29 is 4.39 Å². The van der Waals surface area contributed by atoms with Crippen molar-refractivity contribution >= 4 is 50.7 Å². The van der Waals surface area contributed by atoms with Gasteiger partial charge in [-0.2, -0.15) is 0 Å². The molecule has 0 aliphatic heterocycles. The SMILES string of the molecule is O=c1c2sccc2n2c(SCc3ccc(F)cc3Cl)nnc2n1Cc1ccccc1. The molecule has 0 bridgehead atoms. The van der Waals surface area contributed by atoms with E-state index in [0.717, 1.165) is 16.6 Å². The lowest BCUT2D eigenvalue weighted by Crippen LogP contribution is -2.23. The second-order valence-corrected chi connectivity index (χ2v) is 8.92. The van der Waals surface area contributed by atoms with E-state index >= 15 is 0 Å². The molecule has 0 aliphatic carbocycles. The first-order valence-corrected chi connectivity index (χ1v) is 11.3. The van der Waals surface area contributed by atoms with Crippen LogP contribution in [0.4, 0.5) is 4.39 Å². The van der Waals surface area contributed by atoms with E-state index in [4.69, 9.17) is 11.6 Å². The van der Waals surface area contributed by atoms with Gasteiger partial charge in [-0.15, -0.1) is 21.5 Å². The summed E-state index contributed by atoms with van der Waals surface area (Å²) in [6, 6.07) is 16.0. The Morgan fingerprint density at radius 2 is 1.93 bits per heavy atom. The second kappa shape index (κ2) is 7.86. The summed E-state index contributed by atoms with van der Waals surface area (Å²) in [6.07, 6.45) is 0. The number of hydrogen-bond donors (Lipinski definition) is 0. The van der Waals surface area contributed by atoms with Crippen LogP contribution in [-0.4, -0.2) is 19.2 Å². The quantitative estimate of drug-likeness (QED) is 0.339. The van der Waals surface area contributed by atoms with Crippen molar-refractivity contribution in [2.24, 2.45) is 0 Å². The van der Waals surface area contributed by atoms with Crippen molar-refractivity contribution in [1.82, 2.24) is 19.2 Å². The average Bonchev–Trinajstić information content (AvgIpc) is 3.38. The Labute approximate surface area is 183 Å². The van der Waals surface area contributed by atoms with Gasteiger partial charge < -0.3 is 0 Å². The standard InChI is InChI=1S/C21H14ClFN4OS2/c22-16-10-15(23)7-6-14(16)12-30-21-25-24-20-26(11-13-4-2-1-3-5-13)19(28)18-17(27(20)21)8-9-29-18/h1-10H,11-12H2. The summed E-state index contributed by atoms with van der Waals surface area (Å²) < 4.78 is 17.5. The van der Waals surface area contributed by atoms with Gasteiger partial charge in [0, 0.05) is 10.8 Å². The summed E-state index contributed by atoms with van der Waals surface area (Å²) in [7, 11) is 0. The first-order chi connectivity index (χ1) is 14.6. The number of thiophene rings is 1. The molecule has 3 heterocycles. The van der Waals surface area contributed by atoms with Crippen LogP contribution in [0.2, 0.25) is 5.02 Å². The van der Waals surface area contributed by atoms with Gasteiger partial charge in [0.2, 0.25) is 5.78 Å². The zero-order chi connectivity index (χ0) is 20.7. The Balaban J connectivity index is 1.60. The van der Waals surface area contributed by atoms with Crippen LogP contribution in [0.3, 0.4) is 0 Å².